The van der Waals surface area contributed by atoms with Gasteiger partial charge in [0.1, 0.15) is 0 Å². The second-order valence-corrected chi connectivity index (χ2v) is 4.73. The number of aliphatic hydroxyl groups is 2. The van der Waals surface area contributed by atoms with Crippen molar-refractivity contribution in [2.24, 2.45) is 5.73 Å². The summed E-state index contributed by atoms with van der Waals surface area (Å²) in [6, 6.07) is 8.48. The maximum Gasteiger partial charge on any atom is 0.256 e. The fourth-order valence-electron chi connectivity index (χ4n) is 1.13. The van der Waals surface area contributed by atoms with E-state index in [1.54, 1.807) is 4.90 Å². The highest BCUT2D eigenvalue weighted by molar-refractivity contribution is 7.80. The van der Waals surface area contributed by atoms with Crippen LogP contribution in [0.3, 0.4) is 0 Å². The monoisotopic (exact) mass is 316 g/mol. The van der Waals surface area contributed by atoms with Gasteiger partial charge in [0.15, 0.2) is 0 Å². The van der Waals surface area contributed by atoms with Gasteiger partial charge in [0, 0.05) is 13.1 Å². The first-order valence-corrected chi connectivity index (χ1v) is 7.05. The SMILES string of the molecule is CCN(CC)C(O)=S.Cc1ccc(C)cc1.NC(O)=S. The Morgan fingerprint density at radius 2 is 1.25 bits per heavy atom. The minimum Gasteiger partial charge on any atom is -0.487 e. The summed E-state index contributed by atoms with van der Waals surface area (Å²) in [7, 11) is 0. The Bertz CT molecular complexity index is 366. The van der Waals surface area contributed by atoms with Crippen molar-refractivity contribution in [1.29, 1.82) is 0 Å². The molecule has 0 amide bonds. The molecule has 0 spiro atoms. The van der Waals surface area contributed by atoms with E-state index in [-0.39, 0.29) is 5.17 Å². The van der Waals surface area contributed by atoms with Crippen LogP contribution in [0.4, 0.5) is 0 Å². The zero-order valence-electron chi connectivity index (χ0n) is 12.5. The minimum absolute atomic E-state index is 0.00463. The van der Waals surface area contributed by atoms with Crippen molar-refractivity contribution in [3.05, 3.63) is 35.4 Å². The van der Waals surface area contributed by atoms with Gasteiger partial charge in [-0.2, -0.15) is 0 Å². The van der Waals surface area contributed by atoms with Crippen LogP contribution in [0.2, 0.25) is 0 Å². The van der Waals surface area contributed by atoms with Crippen LogP contribution in [0.5, 0.6) is 0 Å². The molecule has 20 heavy (non-hydrogen) atoms. The number of benzene rings is 1. The number of nitrogens with two attached hydrogens (primary N) is 1. The average molecular weight is 316 g/mol. The molecule has 0 heterocycles. The Morgan fingerprint density at radius 1 is 1.00 bits per heavy atom. The second kappa shape index (κ2) is 12.6. The van der Waals surface area contributed by atoms with Gasteiger partial charge in [-0.05, 0) is 52.1 Å². The van der Waals surface area contributed by atoms with E-state index in [4.69, 9.17) is 10.2 Å². The van der Waals surface area contributed by atoms with Crippen molar-refractivity contribution in [2.75, 3.05) is 13.1 Å². The number of thiocarbonyl (C=S) groups is 2. The summed E-state index contributed by atoms with van der Waals surface area (Å²) in [6.45, 7) is 9.66. The van der Waals surface area contributed by atoms with Crippen LogP contribution in [0.1, 0.15) is 25.0 Å². The molecule has 0 aromatic heterocycles. The Kier molecular flexibility index (Phi) is 13.2. The molecule has 0 bridgehead atoms. The van der Waals surface area contributed by atoms with Crippen molar-refractivity contribution in [3.63, 3.8) is 0 Å². The summed E-state index contributed by atoms with van der Waals surface area (Å²) in [5.41, 5.74) is 7.06. The van der Waals surface area contributed by atoms with Crippen molar-refractivity contribution >= 4 is 34.8 Å². The molecule has 0 aliphatic heterocycles. The van der Waals surface area contributed by atoms with E-state index in [0.717, 1.165) is 13.1 Å². The van der Waals surface area contributed by atoms with Crippen LogP contribution in [-0.4, -0.2) is 38.6 Å². The van der Waals surface area contributed by atoms with Crippen LogP contribution in [0.15, 0.2) is 24.3 Å². The molecule has 0 unspecified atom stereocenters. The zero-order valence-corrected chi connectivity index (χ0v) is 14.1. The van der Waals surface area contributed by atoms with Crippen LogP contribution >= 0.6 is 24.4 Å². The van der Waals surface area contributed by atoms with E-state index in [9.17, 15) is 0 Å². The van der Waals surface area contributed by atoms with E-state index in [2.05, 4.69) is 68.3 Å². The van der Waals surface area contributed by atoms with E-state index >= 15 is 0 Å². The van der Waals surface area contributed by atoms with E-state index in [1.165, 1.54) is 11.1 Å². The van der Waals surface area contributed by atoms with E-state index in [0.29, 0.717) is 0 Å². The van der Waals surface area contributed by atoms with Gasteiger partial charge in [0.2, 0.25) is 0 Å². The Labute approximate surface area is 132 Å². The normalized spacial score (nSPS) is 8.40. The summed E-state index contributed by atoms with van der Waals surface area (Å²) >= 11 is 8.37. The van der Waals surface area contributed by atoms with Gasteiger partial charge in [0.25, 0.3) is 10.3 Å². The summed E-state index contributed by atoms with van der Waals surface area (Å²) in [5, 5.41) is 15.7. The molecule has 4 nitrogen and oxygen atoms in total. The molecule has 114 valence electrons. The number of aryl methyl sites for hydroxylation is 2. The predicted octanol–water partition coefficient (Wildman–Crippen LogP) is 3.26. The number of aliphatic hydroxyl groups excluding tert-OH is 2. The molecule has 0 atom stereocenters. The van der Waals surface area contributed by atoms with Crippen LogP contribution in [0, 0.1) is 13.8 Å². The Morgan fingerprint density at radius 3 is 1.35 bits per heavy atom. The van der Waals surface area contributed by atoms with Crippen molar-refractivity contribution in [2.45, 2.75) is 27.7 Å². The zero-order chi connectivity index (χ0) is 16.1. The fourth-order valence-corrected chi connectivity index (χ4v) is 1.39. The average Bonchev–Trinajstić information content (AvgIpc) is 2.34. The smallest absolute Gasteiger partial charge is 0.256 e. The van der Waals surface area contributed by atoms with E-state index < -0.39 is 5.17 Å². The van der Waals surface area contributed by atoms with E-state index in [1.807, 2.05) is 13.8 Å². The van der Waals surface area contributed by atoms with Crippen molar-refractivity contribution in [3.8, 4) is 0 Å². The first-order chi connectivity index (χ1) is 9.24. The first kappa shape index (κ1) is 20.9. The lowest BCUT2D eigenvalue weighted by atomic mass is 10.2. The summed E-state index contributed by atoms with van der Waals surface area (Å²) < 4.78 is 0. The molecule has 6 heteroatoms. The molecule has 1 aromatic carbocycles. The Balaban J connectivity index is 0. The third kappa shape index (κ3) is 14.7. The van der Waals surface area contributed by atoms with Crippen molar-refractivity contribution < 1.29 is 10.2 Å². The molecular formula is C14H24N2O2S2. The maximum absolute atomic E-state index is 8.67. The van der Waals surface area contributed by atoms with Gasteiger partial charge in [-0.15, -0.1) is 0 Å². The molecule has 0 aliphatic rings. The largest absolute Gasteiger partial charge is 0.487 e. The fraction of sp³-hybridized carbons (Fsp3) is 0.429. The summed E-state index contributed by atoms with van der Waals surface area (Å²) in [4.78, 5) is 1.70. The first-order valence-electron chi connectivity index (χ1n) is 6.24. The molecule has 0 aliphatic carbocycles. The number of hydrogen-bond acceptors (Lipinski definition) is 2. The molecule has 0 saturated carbocycles. The standard InChI is InChI=1S/C8H10.C5H11NOS.CH3NOS/c1-7-3-5-8(2)6-4-7;1-3-6(4-2)5(7)8;2-1(3)4/h3-6H,1-2H3;3-4H2,1-2H3,(H,7,8);(H3,2,3,4). The van der Waals surface area contributed by atoms with Crippen molar-refractivity contribution in [1.82, 2.24) is 4.90 Å². The quantitative estimate of drug-likeness (QED) is 0.728. The molecule has 0 saturated heterocycles. The number of rotatable bonds is 2. The van der Waals surface area contributed by atoms with Gasteiger partial charge in [0.05, 0.1) is 0 Å². The third-order valence-electron chi connectivity index (χ3n) is 2.25. The van der Waals surface area contributed by atoms with Gasteiger partial charge in [-0.25, -0.2) is 0 Å². The second-order valence-electron chi connectivity index (χ2n) is 3.95. The summed E-state index contributed by atoms with van der Waals surface area (Å²) in [5.74, 6) is 0. The van der Waals surface area contributed by atoms with Gasteiger partial charge >= 0.3 is 0 Å². The van der Waals surface area contributed by atoms with Crippen LogP contribution in [0.25, 0.3) is 0 Å². The lowest BCUT2D eigenvalue weighted by Gasteiger charge is -2.15. The highest BCUT2D eigenvalue weighted by Crippen LogP contribution is 1.99. The lowest BCUT2D eigenvalue weighted by molar-refractivity contribution is 0.371. The van der Waals surface area contributed by atoms with Crippen LogP contribution in [-0.2, 0) is 0 Å². The molecule has 0 radical (unpaired) electrons. The predicted molar refractivity (Wildman–Crippen MR) is 93.5 cm³/mol. The number of nitrogens with zero attached hydrogens (tertiary/aromatic N) is 1. The number of hydrogen-bond donors (Lipinski definition) is 3. The highest BCUT2D eigenvalue weighted by Gasteiger charge is 1.98. The van der Waals surface area contributed by atoms with Gasteiger partial charge in [-0.3, -0.25) is 0 Å². The third-order valence-corrected chi connectivity index (χ3v) is 2.51. The van der Waals surface area contributed by atoms with Gasteiger partial charge in [-0.1, -0.05) is 35.4 Å². The topological polar surface area (TPSA) is 69.7 Å². The lowest BCUT2D eigenvalue weighted by Crippen LogP contribution is -2.28. The maximum atomic E-state index is 8.67. The molecule has 1 rings (SSSR count). The summed E-state index contributed by atoms with van der Waals surface area (Å²) in [6.07, 6.45) is 0. The van der Waals surface area contributed by atoms with Crippen LogP contribution < -0.4 is 5.73 Å². The minimum atomic E-state index is -0.500. The highest BCUT2D eigenvalue weighted by atomic mass is 32.1. The molecule has 0 fully saturated rings. The molecule has 4 N–H and O–H groups in total. The van der Waals surface area contributed by atoms with Gasteiger partial charge < -0.3 is 20.8 Å². The Hall–Kier alpha value is -1.40. The molecule has 1 aromatic rings. The molecular weight excluding hydrogens is 292 g/mol.